The van der Waals surface area contributed by atoms with Crippen LogP contribution in [0.15, 0.2) is 58.6 Å². The summed E-state index contributed by atoms with van der Waals surface area (Å²) in [5.74, 6) is -0.479. The first-order valence-electron chi connectivity index (χ1n) is 8.46. The maximum atomic E-state index is 12.6. The monoisotopic (exact) mass is 379 g/mol. The van der Waals surface area contributed by atoms with Gasteiger partial charge in [0, 0.05) is 32.2 Å². The molecule has 0 atom stereocenters. The zero-order valence-electron chi connectivity index (χ0n) is 15.2. The van der Waals surface area contributed by atoms with Gasteiger partial charge in [-0.3, -0.25) is 14.2 Å². The Morgan fingerprint density at radius 3 is 2.57 bits per heavy atom. The van der Waals surface area contributed by atoms with Gasteiger partial charge in [0.1, 0.15) is 6.54 Å². The first-order chi connectivity index (χ1) is 13.5. The number of fused-ring (bicyclic) bond motifs is 1. The fourth-order valence-corrected chi connectivity index (χ4v) is 3.00. The summed E-state index contributed by atoms with van der Waals surface area (Å²) in [6, 6.07) is 8.86. The van der Waals surface area contributed by atoms with Crippen LogP contribution in [0.4, 0.5) is 5.69 Å². The van der Waals surface area contributed by atoms with Crippen LogP contribution in [-0.4, -0.2) is 34.4 Å². The SMILES string of the molecule is Cn1cnc2c1c(=O)n(CC(=O)Nc1ccc(-n3cccn3)cc1)c(=O)n2C. The lowest BCUT2D eigenvalue weighted by atomic mass is 10.3. The molecule has 4 aromatic rings. The number of anilines is 1. The van der Waals surface area contributed by atoms with E-state index in [1.54, 1.807) is 42.2 Å². The zero-order valence-corrected chi connectivity index (χ0v) is 15.2. The van der Waals surface area contributed by atoms with Crippen molar-refractivity contribution in [3.8, 4) is 5.69 Å². The number of aryl methyl sites for hydroxylation is 2. The number of nitrogens with zero attached hydrogens (tertiary/aromatic N) is 6. The van der Waals surface area contributed by atoms with Crippen molar-refractivity contribution in [2.45, 2.75) is 6.54 Å². The van der Waals surface area contributed by atoms with Gasteiger partial charge in [0.2, 0.25) is 5.91 Å². The number of amides is 1. The Balaban J connectivity index is 1.58. The number of carbonyl (C=O) groups is 1. The van der Waals surface area contributed by atoms with Gasteiger partial charge >= 0.3 is 5.69 Å². The molecule has 3 aromatic heterocycles. The molecule has 0 bridgehead atoms. The van der Waals surface area contributed by atoms with Gasteiger partial charge in [0.25, 0.3) is 5.56 Å². The molecule has 1 amide bonds. The summed E-state index contributed by atoms with van der Waals surface area (Å²) in [4.78, 5) is 41.6. The van der Waals surface area contributed by atoms with Crippen molar-refractivity contribution in [2.24, 2.45) is 14.1 Å². The van der Waals surface area contributed by atoms with E-state index in [2.05, 4.69) is 15.4 Å². The van der Waals surface area contributed by atoms with Crippen LogP contribution in [0.1, 0.15) is 0 Å². The lowest BCUT2D eigenvalue weighted by Gasteiger charge is -2.10. The third-order valence-corrected chi connectivity index (χ3v) is 4.42. The molecule has 1 aromatic carbocycles. The number of imidazole rings is 1. The van der Waals surface area contributed by atoms with Crippen molar-refractivity contribution in [3.63, 3.8) is 0 Å². The maximum Gasteiger partial charge on any atom is 0.332 e. The molecule has 0 saturated carbocycles. The van der Waals surface area contributed by atoms with Gasteiger partial charge in [-0.1, -0.05) is 0 Å². The standard InChI is InChI=1S/C18H17N7O3/c1-22-11-19-16-15(22)17(27)24(18(28)23(16)2)10-14(26)21-12-4-6-13(7-5-12)25-9-3-8-20-25/h3-9,11H,10H2,1-2H3,(H,21,26). The molecule has 0 radical (unpaired) electrons. The molecule has 142 valence electrons. The highest BCUT2D eigenvalue weighted by Gasteiger charge is 2.17. The Hall–Kier alpha value is -3.95. The van der Waals surface area contributed by atoms with Gasteiger partial charge in [0.05, 0.1) is 12.0 Å². The Kier molecular flexibility index (Phi) is 4.15. The molecule has 0 aliphatic heterocycles. The minimum absolute atomic E-state index is 0.262. The van der Waals surface area contributed by atoms with E-state index >= 15 is 0 Å². The summed E-state index contributed by atoms with van der Waals surface area (Å²) in [7, 11) is 3.17. The van der Waals surface area contributed by atoms with Crippen LogP contribution in [0, 0.1) is 0 Å². The molecule has 0 aliphatic rings. The summed E-state index contributed by atoms with van der Waals surface area (Å²) < 4.78 is 5.37. The van der Waals surface area contributed by atoms with E-state index in [0.717, 1.165) is 10.3 Å². The second-order valence-electron chi connectivity index (χ2n) is 6.31. The van der Waals surface area contributed by atoms with Crippen molar-refractivity contribution in [3.05, 3.63) is 69.9 Å². The first kappa shape index (κ1) is 17.5. The fraction of sp³-hybridized carbons (Fsp3) is 0.167. The van der Waals surface area contributed by atoms with Crippen LogP contribution in [0.5, 0.6) is 0 Å². The van der Waals surface area contributed by atoms with Crippen molar-refractivity contribution >= 4 is 22.8 Å². The number of rotatable bonds is 4. The van der Waals surface area contributed by atoms with Crippen LogP contribution >= 0.6 is 0 Å². The van der Waals surface area contributed by atoms with Gasteiger partial charge < -0.3 is 9.88 Å². The minimum Gasteiger partial charge on any atom is -0.328 e. The van der Waals surface area contributed by atoms with Gasteiger partial charge in [-0.15, -0.1) is 0 Å². The molecule has 0 unspecified atom stereocenters. The second-order valence-corrected chi connectivity index (χ2v) is 6.31. The normalized spacial score (nSPS) is 11.1. The maximum absolute atomic E-state index is 12.6. The summed E-state index contributed by atoms with van der Waals surface area (Å²) >= 11 is 0. The van der Waals surface area contributed by atoms with Gasteiger partial charge in [-0.2, -0.15) is 5.10 Å². The Bertz CT molecular complexity index is 1280. The van der Waals surface area contributed by atoms with Crippen LogP contribution in [0.2, 0.25) is 0 Å². The van der Waals surface area contributed by atoms with Gasteiger partial charge in [-0.05, 0) is 30.3 Å². The topological polar surface area (TPSA) is 109 Å². The highest BCUT2D eigenvalue weighted by molar-refractivity contribution is 5.90. The van der Waals surface area contributed by atoms with E-state index in [0.29, 0.717) is 5.69 Å². The molecule has 4 rings (SSSR count). The number of nitrogens with one attached hydrogen (secondary N) is 1. The van der Waals surface area contributed by atoms with Crippen LogP contribution < -0.4 is 16.6 Å². The van der Waals surface area contributed by atoms with E-state index in [1.165, 1.54) is 22.5 Å². The molecule has 0 spiro atoms. The van der Waals surface area contributed by atoms with Crippen LogP contribution in [0.3, 0.4) is 0 Å². The van der Waals surface area contributed by atoms with Crippen molar-refractivity contribution in [2.75, 3.05) is 5.32 Å². The third-order valence-electron chi connectivity index (χ3n) is 4.42. The number of hydrogen-bond acceptors (Lipinski definition) is 5. The average molecular weight is 379 g/mol. The van der Waals surface area contributed by atoms with Crippen molar-refractivity contribution in [1.82, 2.24) is 28.5 Å². The minimum atomic E-state index is -0.597. The molecule has 0 fully saturated rings. The van der Waals surface area contributed by atoms with Crippen LogP contribution in [-0.2, 0) is 25.4 Å². The summed E-state index contributed by atoms with van der Waals surface area (Å²) in [5, 5.41) is 6.83. The summed E-state index contributed by atoms with van der Waals surface area (Å²) in [6.07, 6.45) is 4.94. The predicted octanol–water partition coefficient (Wildman–Crippen LogP) is 0.258. The fourth-order valence-electron chi connectivity index (χ4n) is 3.00. The summed E-state index contributed by atoms with van der Waals surface area (Å²) in [5.41, 5.74) is 0.784. The van der Waals surface area contributed by atoms with E-state index in [-0.39, 0.29) is 11.2 Å². The lowest BCUT2D eigenvalue weighted by Crippen LogP contribution is -2.42. The van der Waals surface area contributed by atoms with Crippen molar-refractivity contribution in [1.29, 1.82) is 0 Å². The smallest absolute Gasteiger partial charge is 0.328 e. The first-order valence-corrected chi connectivity index (χ1v) is 8.46. The number of hydrogen-bond donors (Lipinski definition) is 1. The molecule has 3 heterocycles. The molecular weight excluding hydrogens is 362 g/mol. The number of carbonyl (C=O) groups excluding carboxylic acids is 1. The van der Waals surface area contributed by atoms with E-state index < -0.39 is 23.7 Å². The summed E-state index contributed by atoms with van der Waals surface area (Å²) in [6.45, 7) is -0.395. The van der Waals surface area contributed by atoms with Gasteiger partial charge in [-0.25, -0.2) is 19.0 Å². The van der Waals surface area contributed by atoms with Crippen LogP contribution in [0.25, 0.3) is 16.9 Å². The van der Waals surface area contributed by atoms with E-state index in [9.17, 15) is 14.4 Å². The predicted molar refractivity (Wildman–Crippen MR) is 102 cm³/mol. The molecule has 0 saturated heterocycles. The quantitative estimate of drug-likeness (QED) is 0.547. The van der Waals surface area contributed by atoms with Crippen molar-refractivity contribution < 1.29 is 4.79 Å². The number of aromatic nitrogens is 6. The molecule has 10 nitrogen and oxygen atoms in total. The Labute approximate surface area is 158 Å². The Morgan fingerprint density at radius 2 is 1.89 bits per heavy atom. The second kappa shape index (κ2) is 6.65. The highest BCUT2D eigenvalue weighted by Crippen LogP contribution is 2.12. The largest absolute Gasteiger partial charge is 0.332 e. The highest BCUT2D eigenvalue weighted by atomic mass is 16.2. The average Bonchev–Trinajstić information content (AvgIpc) is 3.34. The molecule has 0 aliphatic carbocycles. The molecular formula is C18H17N7O3. The van der Waals surface area contributed by atoms with Gasteiger partial charge in [0.15, 0.2) is 11.2 Å². The molecule has 1 N–H and O–H groups in total. The Morgan fingerprint density at radius 1 is 1.14 bits per heavy atom. The van der Waals surface area contributed by atoms with E-state index in [4.69, 9.17) is 0 Å². The number of benzene rings is 1. The zero-order chi connectivity index (χ0) is 19.8. The molecule has 28 heavy (non-hydrogen) atoms. The van der Waals surface area contributed by atoms with E-state index in [1.807, 2.05) is 12.3 Å². The third kappa shape index (κ3) is 2.90. The lowest BCUT2D eigenvalue weighted by molar-refractivity contribution is -0.116. The molecule has 10 heteroatoms.